The summed E-state index contributed by atoms with van der Waals surface area (Å²) in [5.41, 5.74) is 1.08. The number of aromatic nitrogens is 2. The van der Waals surface area contributed by atoms with Gasteiger partial charge in [-0.1, -0.05) is 31.5 Å². The van der Waals surface area contributed by atoms with Gasteiger partial charge in [0.15, 0.2) is 5.16 Å². The van der Waals surface area contributed by atoms with Crippen LogP contribution >= 0.6 is 23.1 Å². The fourth-order valence-corrected chi connectivity index (χ4v) is 6.87. The number of carbonyl (C=O) groups is 2. The van der Waals surface area contributed by atoms with Crippen LogP contribution in [0.25, 0.3) is 10.2 Å². The number of urea groups is 1. The van der Waals surface area contributed by atoms with Crippen LogP contribution in [0.3, 0.4) is 0 Å². The molecular weight excluding hydrogens is 460 g/mol. The average Bonchev–Trinajstić information content (AvgIpc) is 3.17. The summed E-state index contributed by atoms with van der Waals surface area (Å²) in [5, 5.41) is 6.57. The van der Waals surface area contributed by atoms with Gasteiger partial charge in [-0.2, -0.15) is 0 Å². The van der Waals surface area contributed by atoms with Crippen molar-refractivity contribution in [2.24, 2.45) is 5.92 Å². The van der Waals surface area contributed by atoms with Crippen molar-refractivity contribution >= 4 is 45.3 Å². The minimum absolute atomic E-state index is 0.00363. The molecule has 0 aromatic carbocycles. The maximum atomic E-state index is 13.4. The van der Waals surface area contributed by atoms with Gasteiger partial charge in [-0.25, -0.2) is 9.78 Å². The zero-order valence-electron chi connectivity index (χ0n) is 19.3. The smallest absolute Gasteiger partial charge is 0.321 e. The second-order valence-corrected chi connectivity index (χ2v) is 10.9. The Hall–Kier alpha value is -1.91. The van der Waals surface area contributed by atoms with E-state index < -0.39 is 11.9 Å². The summed E-state index contributed by atoms with van der Waals surface area (Å²) >= 11 is 2.77. The minimum Gasteiger partial charge on any atom is -0.383 e. The molecular formula is C23H32N4O4S2. The highest BCUT2D eigenvalue weighted by Gasteiger charge is 2.25. The molecule has 0 radical (unpaired) electrons. The molecule has 2 aliphatic carbocycles. The number of carbonyl (C=O) groups excluding carboxylic acids is 2. The van der Waals surface area contributed by atoms with Crippen LogP contribution in [0.1, 0.15) is 55.9 Å². The van der Waals surface area contributed by atoms with Crippen LogP contribution in [0.15, 0.2) is 9.95 Å². The second-order valence-electron chi connectivity index (χ2n) is 8.91. The molecule has 2 atom stereocenters. The zero-order valence-corrected chi connectivity index (χ0v) is 20.9. The van der Waals surface area contributed by atoms with Crippen LogP contribution in [0.4, 0.5) is 4.79 Å². The van der Waals surface area contributed by atoms with E-state index in [2.05, 4.69) is 17.6 Å². The van der Waals surface area contributed by atoms with E-state index in [-0.39, 0.29) is 17.4 Å². The number of thioether (sulfide) groups is 1. The van der Waals surface area contributed by atoms with Gasteiger partial charge in [0.05, 0.1) is 24.3 Å². The predicted octanol–water partition coefficient (Wildman–Crippen LogP) is 3.48. The fraction of sp³-hybridized carbons (Fsp3) is 0.652. The normalized spacial score (nSPS) is 20.4. The van der Waals surface area contributed by atoms with Crippen molar-refractivity contribution in [3.63, 3.8) is 0 Å². The van der Waals surface area contributed by atoms with E-state index in [4.69, 9.17) is 9.72 Å². The first-order valence-electron chi connectivity index (χ1n) is 11.7. The molecule has 180 valence electrons. The molecule has 2 heterocycles. The van der Waals surface area contributed by atoms with Crippen LogP contribution < -0.4 is 16.2 Å². The number of aryl methyl sites for hydroxylation is 2. The highest BCUT2D eigenvalue weighted by atomic mass is 32.2. The molecule has 0 aliphatic heterocycles. The molecule has 2 N–H and O–H groups in total. The first-order chi connectivity index (χ1) is 16.0. The lowest BCUT2D eigenvalue weighted by atomic mass is 9.86. The Labute approximate surface area is 201 Å². The summed E-state index contributed by atoms with van der Waals surface area (Å²) in [6, 6.07) is -0.349. The number of nitrogens with one attached hydrogen (secondary N) is 2. The first kappa shape index (κ1) is 24.2. The zero-order chi connectivity index (χ0) is 23.4. The van der Waals surface area contributed by atoms with Crippen molar-refractivity contribution in [2.75, 3.05) is 19.5 Å². The molecule has 1 saturated carbocycles. The van der Waals surface area contributed by atoms with Crippen molar-refractivity contribution in [3.05, 3.63) is 20.8 Å². The van der Waals surface area contributed by atoms with Crippen molar-refractivity contribution < 1.29 is 14.3 Å². The number of thiophene rings is 1. The minimum atomic E-state index is -0.453. The summed E-state index contributed by atoms with van der Waals surface area (Å²) in [4.78, 5) is 44.9. The molecule has 0 unspecified atom stereocenters. The standard InChI is InChI=1S/C23H32N4O4S2/c1-14-7-3-5-9-16(14)24-22(30)25-18(28)13-32-23-26-20-19(21(29)27(23)11-12-31-2)15-8-4-6-10-17(15)33-20/h14,16H,3-13H2,1-2H3,(H2,24,25,28,30)/t14-,16+/m1/s1. The predicted molar refractivity (Wildman–Crippen MR) is 131 cm³/mol. The molecule has 0 bridgehead atoms. The van der Waals surface area contributed by atoms with Crippen LogP contribution in [0.5, 0.6) is 0 Å². The number of methoxy groups -OCH3 is 1. The van der Waals surface area contributed by atoms with Crippen molar-refractivity contribution in [2.45, 2.75) is 76.0 Å². The number of nitrogens with zero attached hydrogens (tertiary/aromatic N) is 2. The van der Waals surface area contributed by atoms with E-state index in [1.165, 1.54) is 23.1 Å². The number of imide groups is 1. The van der Waals surface area contributed by atoms with E-state index in [0.717, 1.165) is 60.7 Å². The molecule has 10 heteroatoms. The maximum absolute atomic E-state index is 13.4. The molecule has 1 fully saturated rings. The Morgan fingerprint density at radius 2 is 2.00 bits per heavy atom. The van der Waals surface area contributed by atoms with Gasteiger partial charge in [0.1, 0.15) is 4.83 Å². The Balaban J connectivity index is 1.46. The monoisotopic (exact) mass is 492 g/mol. The average molecular weight is 493 g/mol. The Morgan fingerprint density at radius 1 is 1.21 bits per heavy atom. The Kier molecular flexibility index (Phi) is 8.08. The third-order valence-electron chi connectivity index (χ3n) is 6.57. The lowest BCUT2D eigenvalue weighted by molar-refractivity contribution is -0.117. The van der Waals surface area contributed by atoms with Gasteiger partial charge >= 0.3 is 6.03 Å². The van der Waals surface area contributed by atoms with E-state index >= 15 is 0 Å². The van der Waals surface area contributed by atoms with E-state index in [1.54, 1.807) is 23.0 Å². The fourth-order valence-electron chi connectivity index (χ4n) is 4.74. The number of hydrogen-bond donors (Lipinski definition) is 2. The summed E-state index contributed by atoms with van der Waals surface area (Å²) in [6.07, 6.45) is 8.46. The Morgan fingerprint density at radius 3 is 2.79 bits per heavy atom. The van der Waals surface area contributed by atoms with Gasteiger partial charge in [-0.05, 0) is 50.0 Å². The highest BCUT2D eigenvalue weighted by molar-refractivity contribution is 7.99. The Bertz CT molecular complexity index is 1080. The quantitative estimate of drug-likeness (QED) is 0.453. The number of ether oxygens (including phenoxy) is 1. The van der Waals surface area contributed by atoms with Crippen LogP contribution in [-0.2, 0) is 28.9 Å². The molecule has 8 nitrogen and oxygen atoms in total. The number of hydrogen-bond acceptors (Lipinski definition) is 7. The molecule has 33 heavy (non-hydrogen) atoms. The lowest BCUT2D eigenvalue weighted by Crippen LogP contribution is -2.48. The highest BCUT2D eigenvalue weighted by Crippen LogP contribution is 2.34. The SMILES string of the molecule is COCCn1c(SCC(=O)NC(=O)N[C@H]2CCCC[C@H]2C)nc2sc3c(c2c1=O)CCCC3. The molecule has 4 rings (SSSR count). The number of rotatable bonds is 7. The van der Waals surface area contributed by atoms with Gasteiger partial charge in [0.2, 0.25) is 5.91 Å². The van der Waals surface area contributed by atoms with Crippen LogP contribution in [0.2, 0.25) is 0 Å². The van der Waals surface area contributed by atoms with Gasteiger partial charge < -0.3 is 10.1 Å². The first-order valence-corrected chi connectivity index (χ1v) is 13.5. The van der Waals surface area contributed by atoms with Gasteiger partial charge in [0, 0.05) is 18.0 Å². The van der Waals surface area contributed by atoms with Gasteiger partial charge in [-0.15, -0.1) is 11.3 Å². The largest absolute Gasteiger partial charge is 0.383 e. The van der Waals surface area contributed by atoms with Gasteiger partial charge in [0.25, 0.3) is 5.56 Å². The topological polar surface area (TPSA) is 102 Å². The number of fused-ring (bicyclic) bond motifs is 3. The summed E-state index contributed by atoms with van der Waals surface area (Å²) in [5.74, 6) is 0.0136. The summed E-state index contributed by atoms with van der Waals surface area (Å²) < 4.78 is 6.80. The van der Waals surface area contributed by atoms with Gasteiger partial charge in [-0.3, -0.25) is 19.5 Å². The molecule has 2 aromatic rings. The number of amides is 3. The van der Waals surface area contributed by atoms with E-state index in [1.807, 2.05) is 0 Å². The maximum Gasteiger partial charge on any atom is 0.321 e. The van der Waals surface area contributed by atoms with Crippen molar-refractivity contribution in [1.29, 1.82) is 0 Å². The molecule has 0 spiro atoms. The lowest BCUT2D eigenvalue weighted by Gasteiger charge is -2.29. The van der Waals surface area contributed by atoms with Crippen molar-refractivity contribution in [3.8, 4) is 0 Å². The molecule has 2 aromatic heterocycles. The molecule has 3 amide bonds. The summed E-state index contributed by atoms with van der Waals surface area (Å²) in [6.45, 7) is 2.87. The third-order valence-corrected chi connectivity index (χ3v) is 8.73. The summed E-state index contributed by atoms with van der Waals surface area (Å²) in [7, 11) is 1.59. The van der Waals surface area contributed by atoms with E-state index in [0.29, 0.717) is 24.2 Å². The second kappa shape index (κ2) is 11.0. The van der Waals surface area contributed by atoms with Crippen LogP contribution in [-0.4, -0.2) is 47.0 Å². The molecule has 0 saturated heterocycles. The molecule has 2 aliphatic rings. The van der Waals surface area contributed by atoms with Crippen molar-refractivity contribution in [1.82, 2.24) is 20.2 Å². The van der Waals surface area contributed by atoms with E-state index in [9.17, 15) is 14.4 Å². The van der Waals surface area contributed by atoms with Crippen LogP contribution in [0, 0.1) is 5.92 Å². The third kappa shape index (κ3) is 5.60.